The van der Waals surface area contributed by atoms with E-state index in [1.54, 1.807) is 6.92 Å². The average Bonchev–Trinajstić information content (AvgIpc) is 3.09. The quantitative estimate of drug-likeness (QED) is 0.939. The van der Waals surface area contributed by atoms with Gasteiger partial charge in [-0.3, -0.25) is 14.8 Å². The van der Waals surface area contributed by atoms with Crippen LogP contribution >= 0.6 is 0 Å². The summed E-state index contributed by atoms with van der Waals surface area (Å²) in [6.45, 7) is 5.05. The van der Waals surface area contributed by atoms with Gasteiger partial charge in [0.25, 0.3) is 0 Å². The minimum Gasteiger partial charge on any atom is -0.450 e. The van der Waals surface area contributed by atoms with Crippen molar-refractivity contribution in [2.75, 3.05) is 25.0 Å². The van der Waals surface area contributed by atoms with Gasteiger partial charge in [-0.25, -0.2) is 9.78 Å². The topological polar surface area (TPSA) is 59.4 Å². The molecular formula is C15H20N4O2. The summed E-state index contributed by atoms with van der Waals surface area (Å²) in [7, 11) is 0. The van der Waals surface area contributed by atoms with E-state index in [1.807, 2.05) is 28.8 Å². The largest absolute Gasteiger partial charge is 0.450 e. The lowest BCUT2D eigenvalue weighted by Crippen LogP contribution is -2.25. The summed E-state index contributed by atoms with van der Waals surface area (Å²) < 4.78 is 6.99. The van der Waals surface area contributed by atoms with Gasteiger partial charge in [0.05, 0.1) is 24.3 Å². The van der Waals surface area contributed by atoms with Crippen LogP contribution in [0.5, 0.6) is 0 Å². The molecule has 21 heavy (non-hydrogen) atoms. The standard InChI is InChI=1S/C15H20N4O2/c1-2-21-15(20)17-14-16-12-7-3-4-8-13(12)19(14)11-18-9-5-6-10-18/h3-4,7-8H,2,5-6,9-11H2,1H3,(H,16,17,20). The SMILES string of the molecule is CCOC(=O)Nc1nc2ccccc2n1CN1CCCC1. The number of carbonyl (C=O) groups is 1. The number of likely N-dealkylation sites (tertiary alicyclic amines) is 1. The molecule has 1 aromatic heterocycles. The summed E-state index contributed by atoms with van der Waals surface area (Å²) >= 11 is 0. The Morgan fingerprint density at radius 1 is 1.33 bits per heavy atom. The van der Waals surface area contributed by atoms with Crippen LogP contribution in [-0.2, 0) is 11.4 Å². The predicted octanol–water partition coefficient (Wildman–Crippen LogP) is 2.66. The van der Waals surface area contributed by atoms with Crippen LogP contribution in [0.15, 0.2) is 24.3 Å². The molecule has 1 aliphatic heterocycles. The molecule has 0 unspecified atom stereocenters. The number of carbonyl (C=O) groups excluding carboxylic acids is 1. The van der Waals surface area contributed by atoms with Crippen molar-refractivity contribution >= 4 is 23.1 Å². The number of amides is 1. The van der Waals surface area contributed by atoms with Crippen LogP contribution in [0.2, 0.25) is 0 Å². The van der Waals surface area contributed by atoms with Gasteiger partial charge in [-0.1, -0.05) is 12.1 Å². The first kappa shape index (κ1) is 13.9. The van der Waals surface area contributed by atoms with E-state index in [0.717, 1.165) is 30.8 Å². The number of para-hydroxylation sites is 2. The Morgan fingerprint density at radius 3 is 2.86 bits per heavy atom. The predicted molar refractivity (Wildman–Crippen MR) is 81.2 cm³/mol. The highest BCUT2D eigenvalue weighted by atomic mass is 16.5. The van der Waals surface area contributed by atoms with Gasteiger partial charge in [-0.2, -0.15) is 0 Å². The third-order valence-corrected chi connectivity index (χ3v) is 3.68. The summed E-state index contributed by atoms with van der Waals surface area (Å²) in [4.78, 5) is 18.5. The minimum absolute atomic E-state index is 0.345. The summed E-state index contributed by atoms with van der Waals surface area (Å²) in [5.41, 5.74) is 1.90. The number of rotatable bonds is 4. The molecule has 6 nitrogen and oxygen atoms in total. The smallest absolute Gasteiger partial charge is 0.413 e. The average molecular weight is 288 g/mol. The Kier molecular flexibility index (Phi) is 4.06. The van der Waals surface area contributed by atoms with Crippen LogP contribution < -0.4 is 5.32 Å². The van der Waals surface area contributed by atoms with Crippen LogP contribution in [0.1, 0.15) is 19.8 Å². The van der Waals surface area contributed by atoms with Crippen molar-refractivity contribution in [2.24, 2.45) is 0 Å². The van der Waals surface area contributed by atoms with Gasteiger partial charge in [0.2, 0.25) is 5.95 Å². The van der Waals surface area contributed by atoms with Gasteiger partial charge in [-0.15, -0.1) is 0 Å². The Balaban J connectivity index is 1.91. The second-order valence-corrected chi connectivity index (χ2v) is 5.16. The molecule has 1 fully saturated rings. The van der Waals surface area contributed by atoms with E-state index in [4.69, 9.17) is 4.74 Å². The van der Waals surface area contributed by atoms with Crippen molar-refractivity contribution in [3.8, 4) is 0 Å². The molecule has 0 radical (unpaired) electrons. The fourth-order valence-electron chi connectivity index (χ4n) is 2.70. The van der Waals surface area contributed by atoms with Crippen LogP contribution in [0.4, 0.5) is 10.7 Å². The normalized spacial score (nSPS) is 15.5. The highest BCUT2D eigenvalue weighted by molar-refractivity contribution is 5.86. The Labute approximate surface area is 123 Å². The van der Waals surface area contributed by atoms with E-state index in [2.05, 4.69) is 15.2 Å². The van der Waals surface area contributed by atoms with Crippen molar-refractivity contribution < 1.29 is 9.53 Å². The van der Waals surface area contributed by atoms with E-state index >= 15 is 0 Å². The molecule has 1 N–H and O–H groups in total. The molecule has 6 heteroatoms. The second-order valence-electron chi connectivity index (χ2n) is 5.16. The molecule has 112 valence electrons. The third-order valence-electron chi connectivity index (χ3n) is 3.68. The summed E-state index contributed by atoms with van der Waals surface area (Å²) in [6.07, 6.45) is 2.00. The molecule has 2 aromatic rings. The van der Waals surface area contributed by atoms with Gasteiger partial charge in [0.15, 0.2) is 0 Å². The van der Waals surface area contributed by atoms with Crippen molar-refractivity contribution in [2.45, 2.75) is 26.4 Å². The summed E-state index contributed by atoms with van der Waals surface area (Å²) in [5, 5.41) is 2.74. The maximum Gasteiger partial charge on any atom is 0.413 e. The number of nitrogens with one attached hydrogen (secondary N) is 1. The molecule has 0 saturated carbocycles. The highest BCUT2D eigenvalue weighted by Gasteiger charge is 2.18. The monoisotopic (exact) mass is 288 g/mol. The minimum atomic E-state index is -0.463. The zero-order chi connectivity index (χ0) is 14.7. The lowest BCUT2D eigenvalue weighted by Gasteiger charge is -2.18. The van der Waals surface area contributed by atoms with Crippen LogP contribution in [0, 0.1) is 0 Å². The van der Waals surface area contributed by atoms with E-state index in [1.165, 1.54) is 12.8 Å². The van der Waals surface area contributed by atoms with Crippen molar-refractivity contribution in [1.29, 1.82) is 0 Å². The number of nitrogens with zero attached hydrogens (tertiary/aromatic N) is 3. The zero-order valence-corrected chi connectivity index (χ0v) is 12.2. The molecule has 0 spiro atoms. The van der Waals surface area contributed by atoms with Gasteiger partial charge < -0.3 is 4.74 Å². The van der Waals surface area contributed by atoms with E-state index in [-0.39, 0.29) is 0 Å². The van der Waals surface area contributed by atoms with Crippen LogP contribution in [-0.4, -0.2) is 40.2 Å². The fourth-order valence-corrected chi connectivity index (χ4v) is 2.70. The molecule has 3 rings (SSSR count). The Hall–Kier alpha value is -2.08. The van der Waals surface area contributed by atoms with E-state index in [9.17, 15) is 4.79 Å². The molecule has 2 heterocycles. The molecule has 1 amide bonds. The number of imidazole rings is 1. The third kappa shape index (κ3) is 3.00. The first-order valence-electron chi connectivity index (χ1n) is 7.39. The molecule has 0 bridgehead atoms. The number of hydrogen-bond donors (Lipinski definition) is 1. The number of ether oxygens (including phenoxy) is 1. The van der Waals surface area contributed by atoms with Crippen LogP contribution in [0.25, 0.3) is 11.0 Å². The lowest BCUT2D eigenvalue weighted by atomic mass is 10.3. The fraction of sp³-hybridized carbons (Fsp3) is 0.467. The molecule has 1 aliphatic rings. The zero-order valence-electron chi connectivity index (χ0n) is 12.2. The molecule has 0 atom stereocenters. The van der Waals surface area contributed by atoms with Crippen molar-refractivity contribution in [3.63, 3.8) is 0 Å². The van der Waals surface area contributed by atoms with Gasteiger partial charge in [0, 0.05) is 0 Å². The number of aromatic nitrogens is 2. The highest BCUT2D eigenvalue weighted by Crippen LogP contribution is 2.21. The van der Waals surface area contributed by atoms with Crippen molar-refractivity contribution in [1.82, 2.24) is 14.5 Å². The first-order valence-corrected chi connectivity index (χ1v) is 7.39. The lowest BCUT2D eigenvalue weighted by molar-refractivity contribution is 0.167. The maximum absolute atomic E-state index is 11.7. The maximum atomic E-state index is 11.7. The van der Waals surface area contributed by atoms with Crippen LogP contribution in [0.3, 0.4) is 0 Å². The van der Waals surface area contributed by atoms with Crippen molar-refractivity contribution in [3.05, 3.63) is 24.3 Å². The second kappa shape index (κ2) is 6.13. The van der Waals surface area contributed by atoms with Gasteiger partial charge in [0.1, 0.15) is 0 Å². The number of anilines is 1. The summed E-state index contributed by atoms with van der Waals surface area (Å²) in [5.74, 6) is 0.543. The Morgan fingerprint density at radius 2 is 2.10 bits per heavy atom. The van der Waals surface area contributed by atoms with Gasteiger partial charge >= 0.3 is 6.09 Å². The number of hydrogen-bond acceptors (Lipinski definition) is 4. The molecule has 1 saturated heterocycles. The molecular weight excluding hydrogens is 268 g/mol. The number of benzene rings is 1. The Bertz CT molecular complexity index is 632. The van der Waals surface area contributed by atoms with Gasteiger partial charge in [-0.05, 0) is 45.0 Å². The number of fused-ring (bicyclic) bond motifs is 1. The molecule has 1 aromatic carbocycles. The first-order chi connectivity index (χ1) is 10.3. The summed E-state index contributed by atoms with van der Waals surface area (Å²) in [6, 6.07) is 7.91. The molecule has 0 aliphatic carbocycles. The van der Waals surface area contributed by atoms with E-state index < -0.39 is 6.09 Å². The van der Waals surface area contributed by atoms with E-state index in [0.29, 0.717) is 12.6 Å².